The van der Waals surface area contributed by atoms with Crippen LogP contribution in [0.1, 0.15) is 18.4 Å². The number of aromatic hydroxyl groups is 1. The van der Waals surface area contributed by atoms with E-state index >= 15 is 0 Å². The lowest BCUT2D eigenvalue weighted by molar-refractivity contribution is 0.0547. The standard InChI is InChI=1S/C13H19NO2/c15-13-5-3-11(4-6-13)8-14-9-12-2-1-7-16-10-12/h3-6,12,14-15H,1-2,7-10H2. The highest BCUT2D eigenvalue weighted by atomic mass is 16.5. The number of hydrogen-bond donors (Lipinski definition) is 2. The summed E-state index contributed by atoms with van der Waals surface area (Å²) in [6.07, 6.45) is 2.45. The molecule has 0 aliphatic carbocycles. The van der Waals surface area contributed by atoms with E-state index in [0.717, 1.165) is 26.3 Å². The van der Waals surface area contributed by atoms with E-state index < -0.39 is 0 Å². The van der Waals surface area contributed by atoms with Gasteiger partial charge in [-0.25, -0.2) is 0 Å². The summed E-state index contributed by atoms with van der Waals surface area (Å²) in [7, 11) is 0. The van der Waals surface area contributed by atoms with Gasteiger partial charge in [0, 0.05) is 19.7 Å². The molecule has 0 amide bonds. The molecule has 1 heterocycles. The molecule has 1 atom stereocenters. The summed E-state index contributed by atoms with van der Waals surface area (Å²) in [5.41, 5.74) is 1.20. The van der Waals surface area contributed by atoms with Gasteiger partial charge in [0.15, 0.2) is 0 Å². The second-order valence-corrected chi connectivity index (χ2v) is 4.38. The highest BCUT2D eigenvalue weighted by molar-refractivity contribution is 5.25. The number of rotatable bonds is 4. The zero-order valence-electron chi connectivity index (χ0n) is 9.48. The normalized spacial score (nSPS) is 20.9. The van der Waals surface area contributed by atoms with Crippen molar-refractivity contribution in [3.8, 4) is 5.75 Å². The Labute approximate surface area is 96.4 Å². The number of benzene rings is 1. The van der Waals surface area contributed by atoms with Gasteiger partial charge in [-0.15, -0.1) is 0 Å². The van der Waals surface area contributed by atoms with E-state index in [1.165, 1.54) is 18.4 Å². The number of ether oxygens (including phenoxy) is 1. The summed E-state index contributed by atoms with van der Waals surface area (Å²) in [6, 6.07) is 7.33. The summed E-state index contributed by atoms with van der Waals surface area (Å²) in [5, 5.41) is 12.6. The Morgan fingerprint density at radius 3 is 2.81 bits per heavy atom. The van der Waals surface area contributed by atoms with Crippen molar-refractivity contribution in [1.29, 1.82) is 0 Å². The molecule has 0 spiro atoms. The van der Waals surface area contributed by atoms with E-state index in [1.807, 2.05) is 12.1 Å². The Kier molecular flexibility index (Phi) is 4.19. The fourth-order valence-electron chi connectivity index (χ4n) is 2.00. The molecule has 88 valence electrons. The van der Waals surface area contributed by atoms with E-state index in [9.17, 15) is 0 Å². The van der Waals surface area contributed by atoms with Crippen LogP contribution in [0.3, 0.4) is 0 Å². The van der Waals surface area contributed by atoms with Crippen LogP contribution in [0.15, 0.2) is 24.3 Å². The largest absolute Gasteiger partial charge is 0.508 e. The molecule has 3 heteroatoms. The van der Waals surface area contributed by atoms with Gasteiger partial charge in [-0.3, -0.25) is 0 Å². The molecule has 16 heavy (non-hydrogen) atoms. The summed E-state index contributed by atoms with van der Waals surface area (Å²) in [4.78, 5) is 0. The van der Waals surface area contributed by atoms with Crippen molar-refractivity contribution < 1.29 is 9.84 Å². The maximum atomic E-state index is 9.15. The Balaban J connectivity index is 1.69. The van der Waals surface area contributed by atoms with Gasteiger partial charge in [-0.2, -0.15) is 0 Å². The first-order chi connectivity index (χ1) is 7.84. The molecule has 2 rings (SSSR count). The van der Waals surface area contributed by atoms with Crippen molar-refractivity contribution in [2.75, 3.05) is 19.8 Å². The number of hydrogen-bond acceptors (Lipinski definition) is 3. The van der Waals surface area contributed by atoms with Gasteiger partial charge in [0.05, 0.1) is 6.61 Å². The van der Waals surface area contributed by atoms with Crippen molar-refractivity contribution in [2.24, 2.45) is 5.92 Å². The van der Waals surface area contributed by atoms with E-state index in [0.29, 0.717) is 11.7 Å². The Hall–Kier alpha value is -1.06. The van der Waals surface area contributed by atoms with Gasteiger partial charge in [0.1, 0.15) is 5.75 Å². The minimum atomic E-state index is 0.324. The number of phenolic OH excluding ortho intramolecular Hbond substituents is 1. The van der Waals surface area contributed by atoms with Gasteiger partial charge in [-0.1, -0.05) is 12.1 Å². The molecular formula is C13H19NO2. The molecule has 1 unspecified atom stereocenters. The monoisotopic (exact) mass is 221 g/mol. The second-order valence-electron chi connectivity index (χ2n) is 4.38. The molecule has 1 aromatic rings. The number of nitrogens with one attached hydrogen (secondary N) is 1. The molecule has 1 aliphatic heterocycles. The summed E-state index contributed by atoms with van der Waals surface area (Å²) in [6.45, 7) is 3.69. The molecule has 1 fully saturated rings. The minimum Gasteiger partial charge on any atom is -0.508 e. The Morgan fingerprint density at radius 2 is 2.12 bits per heavy atom. The molecule has 0 saturated carbocycles. The van der Waals surface area contributed by atoms with Gasteiger partial charge < -0.3 is 15.2 Å². The van der Waals surface area contributed by atoms with Gasteiger partial charge >= 0.3 is 0 Å². The van der Waals surface area contributed by atoms with E-state index in [1.54, 1.807) is 12.1 Å². The van der Waals surface area contributed by atoms with Crippen LogP contribution in [0.25, 0.3) is 0 Å². The predicted molar refractivity (Wildman–Crippen MR) is 63.4 cm³/mol. The summed E-state index contributed by atoms with van der Waals surface area (Å²) >= 11 is 0. The van der Waals surface area contributed by atoms with Crippen LogP contribution in [0.5, 0.6) is 5.75 Å². The minimum absolute atomic E-state index is 0.324. The first-order valence-corrected chi connectivity index (χ1v) is 5.91. The molecular weight excluding hydrogens is 202 g/mol. The third kappa shape index (κ3) is 3.51. The fraction of sp³-hybridized carbons (Fsp3) is 0.538. The topological polar surface area (TPSA) is 41.5 Å². The van der Waals surface area contributed by atoms with Crippen LogP contribution in [0.2, 0.25) is 0 Å². The first-order valence-electron chi connectivity index (χ1n) is 5.91. The average Bonchev–Trinajstić information content (AvgIpc) is 2.33. The molecule has 1 aromatic carbocycles. The van der Waals surface area contributed by atoms with Gasteiger partial charge in [0.2, 0.25) is 0 Å². The smallest absolute Gasteiger partial charge is 0.115 e. The van der Waals surface area contributed by atoms with Gasteiger partial charge in [0.25, 0.3) is 0 Å². The molecule has 3 nitrogen and oxygen atoms in total. The maximum Gasteiger partial charge on any atom is 0.115 e. The molecule has 0 bridgehead atoms. The fourth-order valence-corrected chi connectivity index (χ4v) is 2.00. The first kappa shape index (κ1) is 11.4. The SMILES string of the molecule is Oc1ccc(CNCC2CCCOC2)cc1. The lowest BCUT2D eigenvalue weighted by Gasteiger charge is -2.22. The quantitative estimate of drug-likeness (QED) is 0.816. The van der Waals surface area contributed by atoms with Crippen LogP contribution in [-0.4, -0.2) is 24.9 Å². The molecule has 1 aliphatic rings. The van der Waals surface area contributed by atoms with Crippen molar-refractivity contribution in [3.05, 3.63) is 29.8 Å². The van der Waals surface area contributed by atoms with Crippen molar-refractivity contribution in [1.82, 2.24) is 5.32 Å². The van der Waals surface area contributed by atoms with Crippen LogP contribution >= 0.6 is 0 Å². The third-order valence-electron chi connectivity index (χ3n) is 2.95. The maximum absolute atomic E-state index is 9.15. The van der Waals surface area contributed by atoms with Crippen LogP contribution in [-0.2, 0) is 11.3 Å². The third-order valence-corrected chi connectivity index (χ3v) is 2.95. The van der Waals surface area contributed by atoms with E-state index in [-0.39, 0.29) is 0 Å². The molecule has 0 radical (unpaired) electrons. The van der Waals surface area contributed by atoms with Crippen LogP contribution < -0.4 is 5.32 Å². The highest BCUT2D eigenvalue weighted by Crippen LogP contribution is 2.13. The molecule has 1 saturated heterocycles. The second kappa shape index (κ2) is 5.87. The van der Waals surface area contributed by atoms with E-state index in [4.69, 9.17) is 9.84 Å². The van der Waals surface area contributed by atoms with Crippen molar-refractivity contribution >= 4 is 0 Å². The van der Waals surface area contributed by atoms with Crippen LogP contribution in [0, 0.1) is 5.92 Å². The number of phenols is 1. The lowest BCUT2D eigenvalue weighted by Crippen LogP contribution is -2.28. The Bertz CT molecular complexity index is 304. The van der Waals surface area contributed by atoms with Gasteiger partial charge in [-0.05, 0) is 36.5 Å². The molecule has 0 aromatic heterocycles. The molecule has 2 N–H and O–H groups in total. The van der Waals surface area contributed by atoms with Crippen molar-refractivity contribution in [2.45, 2.75) is 19.4 Å². The zero-order chi connectivity index (χ0) is 11.2. The predicted octanol–water partition coefficient (Wildman–Crippen LogP) is 1.91. The Morgan fingerprint density at radius 1 is 1.31 bits per heavy atom. The van der Waals surface area contributed by atoms with Crippen LogP contribution in [0.4, 0.5) is 0 Å². The lowest BCUT2D eigenvalue weighted by atomic mass is 10.0. The average molecular weight is 221 g/mol. The van der Waals surface area contributed by atoms with E-state index in [2.05, 4.69) is 5.32 Å². The van der Waals surface area contributed by atoms with Crippen molar-refractivity contribution in [3.63, 3.8) is 0 Å². The summed E-state index contributed by atoms with van der Waals surface area (Å²) < 4.78 is 5.43. The highest BCUT2D eigenvalue weighted by Gasteiger charge is 2.12. The zero-order valence-corrected chi connectivity index (χ0v) is 9.48. The summed E-state index contributed by atoms with van der Waals surface area (Å²) in [5.74, 6) is 0.982.